The number of hydrogen-bond donors (Lipinski definition) is 0. The van der Waals surface area contributed by atoms with Crippen LogP contribution in [0.3, 0.4) is 0 Å². The Morgan fingerprint density at radius 1 is 0.839 bits per heavy atom. The van der Waals surface area contributed by atoms with E-state index < -0.39 is 0 Å². The number of rotatable bonds is 8. The van der Waals surface area contributed by atoms with E-state index in [1.54, 1.807) is 11.3 Å². The summed E-state index contributed by atoms with van der Waals surface area (Å²) in [5.74, 6) is 1.82. The van der Waals surface area contributed by atoms with Crippen LogP contribution in [0.15, 0.2) is 72.8 Å². The Kier molecular flexibility index (Phi) is 6.19. The van der Waals surface area contributed by atoms with Crippen LogP contribution < -0.4 is 9.47 Å². The largest absolute Gasteiger partial charge is 0.492 e. The van der Waals surface area contributed by atoms with E-state index in [2.05, 4.69) is 59.5 Å². The van der Waals surface area contributed by atoms with Gasteiger partial charge in [0, 0.05) is 27.6 Å². The van der Waals surface area contributed by atoms with Crippen molar-refractivity contribution in [3.8, 4) is 21.9 Å². The fraction of sp³-hybridized carbons (Fsp3) is 0.259. The lowest BCUT2D eigenvalue weighted by Crippen LogP contribution is -2.25. The van der Waals surface area contributed by atoms with Crippen molar-refractivity contribution < 1.29 is 9.47 Å². The molecule has 1 aliphatic rings. The minimum absolute atomic E-state index is 0.577. The van der Waals surface area contributed by atoms with Crippen LogP contribution >= 0.6 is 11.3 Å². The quantitative estimate of drug-likeness (QED) is 0.323. The third-order valence-corrected chi connectivity index (χ3v) is 6.75. The van der Waals surface area contributed by atoms with E-state index in [4.69, 9.17) is 9.47 Å². The van der Waals surface area contributed by atoms with E-state index in [1.165, 1.54) is 41.8 Å². The van der Waals surface area contributed by atoms with Gasteiger partial charge in [-0.25, -0.2) is 0 Å². The van der Waals surface area contributed by atoms with Crippen molar-refractivity contribution in [3.05, 3.63) is 84.4 Å². The SMILES string of the molecule is [c]1c(-c2ccc(OCCN3CCCC3)cc2)sc2cc(OCc3ccccc3)ccc12. The van der Waals surface area contributed by atoms with Crippen molar-refractivity contribution in [2.75, 3.05) is 26.2 Å². The maximum Gasteiger partial charge on any atom is 0.121 e. The molecule has 31 heavy (non-hydrogen) atoms. The molecule has 0 aliphatic carbocycles. The first-order valence-corrected chi connectivity index (χ1v) is 11.7. The molecular weight excluding hydrogens is 402 g/mol. The minimum atomic E-state index is 0.577. The number of hydrogen-bond acceptors (Lipinski definition) is 4. The first-order valence-electron chi connectivity index (χ1n) is 10.9. The normalized spacial score (nSPS) is 14.2. The average molecular weight is 429 g/mol. The van der Waals surface area contributed by atoms with Gasteiger partial charge in [-0.3, -0.25) is 4.90 Å². The topological polar surface area (TPSA) is 21.7 Å². The molecule has 1 radical (unpaired) electrons. The lowest BCUT2D eigenvalue weighted by Gasteiger charge is -2.14. The maximum absolute atomic E-state index is 5.98. The second kappa shape index (κ2) is 9.54. The molecule has 3 nitrogen and oxygen atoms in total. The zero-order valence-corrected chi connectivity index (χ0v) is 18.4. The van der Waals surface area contributed by atoms with Crippen LogP contribution in [-0.4, -0.2) is 31.1 Å². The number of nitrogens with zero attached hydrogens (tertiary/aromatic N) is 1. The number of thiophene rings is 1. The van der Waals surface area contributed by atoms with Crippen LogP contribution in [-0.2, 0) is 6.61 Å². The molecule has 0 unspecified atom stereocenters. The van der Waals surface area contributed by atoms with Gasteiger partial charge in [-0.1, -0.05) is 30.3 Å². The fourth-order valence-corrected chi connectivity index (χ4v) is 4.95. The molecule has 1 aromatic heterocycles. The Morgan fingerprint density at radius 3 is 2.42 bits per heavy atom. The molecule has 4 heteroatoms. The molecule has 0 amide bonds. The van der Waals surface area contributed by atoms with Crippen LogP contribution in [0.4, 0.5) is 0 Å². The Bertz CT molecular complexity index is 1120. The van der Waals surface area contributed by atoms with Gasteiger partial charge in [0.25, 0.3) is 0 Å². The molecule has 1 aliphatic heterocycles. The monoisotopic (exact) mass is 428 g/mol. The standard InChI is InChI=1S/C27H26NO2S/c1-2-6-21(7-3-1)20-30-25-13-10-23-18-26(31-27(23)19-25)22-8-11-24(12-9-22)29-17-16-28-14-4-5-15-28/h1-3,6-13,19H,4-5,14-17,20H2. The van der Waals surface area contributed by atoms with Crippen LogP contribution in [0.5, 0.6) is 11.5 Å². The summed E-state index contributed by atoms with van der Waals surface area (Å²) in [6.45, 7) is 4.76. The predicted octanol–water partition coefficient (Wildman–Crippen LogP) is 6.42. The molecule has 0 spiro atoms. The Balaban J connectivity index is 1.22. The minimum Gasteiger partial charge on any atom is -0.492 e. The number of likely N-dealkylation sites (tertiary alicyclic amines) is 1. The van der Waals surface area contributed by atoms with Crippen molar-refractivity contribution in [2.24, 2.45) is 0 Å². The Labute approximate surface area is 187 Å². The first kappa shape index (κ1) is 20.1. The summed E-state index contributed by atoms with van der Waals surface area (Å²) in [7, 11) is 0. The van der Waals surface area contributed by atoms with Crippen molar-refractivity contribution in [2.45, 2.75) is 19.4 Å². The zero-order valence-electron chi connectivity index (χ0n) is 17.5. The molecule has 2 heterocycles. The van der Waals surface area contributed by atoms with E-state index in [0.29, 0.717) is 6.61 Å². The van der Waals surface area contributed by atoms with Gasteiger partial charge in [-0.2, -0.15) is 0 Å². The van der Waals surface area contributed by atoms with Crippen molar-refractivity contribution in [1.29, 1.82) is 0 Å². The molecule has 0 bridgehead atoms. The average Bonchev–Trinajstić information content (AvgIpc) is 3.48. The van der Waals surface area contributed by atoms with Crippen LogP contribution in [0.2, 0.25) is 0 Å². The molecule has 3 aromatic carbocycles. The highest BCUT2D eigenvalue weighted by atomic mass is 32.1. The van der Waals surface area contributed by atoms with Crippen LogP contribution in [0.1, 0.15) is 18.4 Å². The third kappa shape index (κ3) is 5.09. The lowest BCUT2D eigenvalue weighted by atomic mass is 10.1. The van der Waals surface area contributed by atoms with Crippen molar-refractivity contribution >= 4 is 21.4 Å². The van der Waals surface area contributed by atoms with Gasteiger partial charge < -0.3 is 9.47 Å². The van der Waals surface area contributed by atoms with Gasteiger partial charge >= 0.3 is 0 Å². The van der Waals surface area contributed by atoms with Gasteiger partial charge in [0.15, 0.2) is 0 Å². The number of benzene rings is 3. The van der Waals surface area contributed by atoms with Crippen molar-refractivity contribution in [1.82, 2.24) is 4.90 Å². The summed E-state index contributed by atoms with van der Waals surface area (Å²) in [5.41, 5.74) is 2.34. The van der Waals surface area contributed by atoms with E-state index in [1.807, 2.05) is 24.3 Å². The highest BCUT2D eigenvalue weighted by Crippen LogP contribution is 2.35. The second-order valence-electron chi connectivity index (χ2n) is 7.91. The van der Waals surface area contributed by atoms with Gasteiger partial charge in [0.05, 0.1) is 0 Å². The molecular formula is C27H26NO2S. The summed E-state index contributed by atoms with van der Waals surface area (Å²) >= 11 is 1.74. The molecule has 0 N–H and O–H groups in total. The van der Waals surface area contributed by atoms with Crippen LogP contribution in [0.25, 0.3) is 20.5 Å². The summed E-state index contributed by atoms with van der Waals surface area (Å²) in [6.07, 6.45) is 2.64. The molecule has 1 fully saturated rings. The molecule has 157 valence electrons. The second-order valence-corrected chi connectivity index (χ2v) is 8.96. The van der Waals surface area contributed by atoms with Gasteiger partial charge in [0.1, 0.15) is 24.7 Å². The predicted molar refractivity (Wildman–Crippen MR) is 128 cm³/mol. The summed E-state index contributed by atoms with van der Waals surface area (Å²) in [5, 5.41) is 1.12. The van der Waals surface area contributed by atoms with E-state index >= 15 is 0 Å². The van der Waals surface area contributed by atoms with E-state index in [0.717, 1.165) is 34.9 Å². The molecule has 4 aromatic rings. The van der Waals surface area contributed by atoms with Crippen LogP contribution in [0, 0.1) is 6.07 Å². The molecule has 0 atom stereocenters. The van der Waals surface area contributed by atoms with E-state index in [9.17, 15) is 0 Å². The van der Waals surface area contributed by atoms with Gasteiger partial charge in [-0.15, -0.1) is 11.3 Å². The third-order valence-electron chi connectivity index (χ3n) is 5.65. The van der Waals surface area contributed by atoms with Gasteiger partial charge in [-0.05, 0) is 79.5 Å². The number of fused-ring (bicyclic) bond motifs is 1. The van der Waals surface area contributed by atoms with Gasteiger partial charge in [0.2, 0.25) is 0 Å². The summed E-state index contributed by atoms with van der Waals surface area (Å²) in [6, 6.07) is 28.4. The molecule has 0 saturated carbocycles. The smallest absolute Gasteiger partial charge is 0.121 e. The van der Waals surface area contributed by atoms with Crippen molar-refractivity contribution in [3.63, 3.8) is 0 Å². The highest BCUT2D eigenvalue weighted by molar-refractivity contribution is 7.22. The molecule has 1 saturated heterocycles. The summed E-state index contributed by atoms with van der Waals surface area (Å²) in [4.78, 5) is 3.61. The highest BCUT2D eigenvalue weighted by Gasteiger charge is 2.11. The lowest BCUT2D eigenvalue weighted by molar-refractivity contribution is 0.238. The van der Waals surface area contributed by atoms with E-state index in [-0.39, 0.29) is 0 Å². The first-order chi connectivity index (χ1) is 15.3. The maximum atomic E-state index is 5.98. The Morgan fingerprint density at radius 2 is 1.61 bits per heavy atom. The fourth-order valence-electron chi connectivity index (χ4n) is 3.91. The zero-order chi connectivity index (χ0) is 20.9. The Hall–Kier alpha value is -2.82. The molecule has 5 rings (SSSR count). The summed E-state index contributed by atoms with van der Waals surface area (Å²) < 4.78 is 13.1. The number of ether oxygens (including phenoxy) is 2.